The van der Waals surface area contributed by atoms with Crippen LogP contribution in [0.25, 0.3) is 10.2 Å². The van der Waals surface area contributed by atoms with E-state index >= 15 is 0 Å². The molecule has 0 bridgehead atoms. The Morgan fingerprint density at radius 2 is 2.18 bits per heavy atom. The van der Waals surface area contributed by atoms with Crippen molar-refractivity contribution in [3.63, 3.8) is 0 Å². The molecule has 2 aliphatic carbocycles. The molecular weight excluding hydrogens is 292 g/mol. The van der Waals surface area contributed by atoms with Gasteiger partial charge in [-0.2, -0.15) is 0 Å². The van der Waals surface area contributed by atoms with Crippen LogP contribution in [0.1, 0.15) is 49.4 Å². The molecule has 1 saturated carbocycles. The third kappa shape index (κ3) is 2.50. The average Bonchev–Trinajstić information content (AvgIpc) is 3.06. The Kier molecular flexibility index (Phi) is 2.58. The molecule has 0 unspecified atom stereocenters. The smallest absolute Gasteiger partial charge is 0.138 e. The van der Waals surface area contributed by atoms with Gasteiger partial charge in [0.05, 0.1) is 5.39 Å². The Balaban J connectivity index is 1.49. The molecule has 1 fully saturated rings. The van der Waals surface area contributed by atoms with Crippen molar-refractivity contribution in [3.8, 4) is 0 Å². The molecular formula is C17H24N4S. The second kappa shape index (κ2) is 5.78. The van der Waals surface area contributed by atoms with Gasteiger partial charge >= 0.3 is 0 Å². The summed E-state index contributed by atoms with van der Waals surface area (Å²) in [5.74, 6) is 0.794. The van der Waals surface area contributed by atoms with Gasteiger partial charge in [0.1, 0.15) is 17.0 Å². The summed E-state index contributed by atoms with van der Waals surface area (Å²) in [6, 6.07) is 0.330. The highest BCUT2D eigenvalue weighted by atomic mass is 32.1. The largest absolute Gasteiger partial charge is 0.367 e. The molecule has 0 atom stereocenters. The number of fused-ring (bicyclic) bond motifs is 3. The van der Waals surface area contributed by atoms with E-state index in [1.807, 2.05) is 0 Å². The van der Waals surface area contributed by atoms with Gasteiger partial charge in [0.25, 0.3) is 0 Å². The van der Waals surface area contributed by atoms with E-state index in [0.717, 1.165) is 52.2 Å². The zero-order valence-corrected chi connectivity index (χ0v) is 13.5. The minimum absolute atomic E-state index is 0.0820. The van der Waals surface area contributed by atoms with Gasteiger partial charge < -0.3 is 10.2 Å². The monoisotopic (exact) mass is 321 g/mol. The summed E-state index contributed by atoms with van der Waals surface area (Å²) in [6.45, 7) is -2.04. The van der Waals surface area contributed by atoms with Gasteiger partial charge in [0, 0.05) is 23.8 Å². The summed E-state index contributed by atoms with van der Waals surface area (Å²) in [6.07, 6.45) is 4.72. The summed E-state index contributed by atoms with van der Waals surface area (Å²) >= 11 is 1.57. The van der Waals surface area contributed by atoms with Crippen LogP contribution in [0.3, 0.4) is 0 Å². The second-order valence-corrected chi connectivity index (χ2v) is 7.35. The van der Waals surface area contributed by atoms with Gasteiger partial charge in [-0.3, -0.25) is 0 Å². The van der Waals surface area contributed by atoms with Gasteiger partial charge in [-0.1, -0.05) is 0 Å². The Hall–Kier alpha value is -1.20. The quantitative estimate of drug-likeness (QED) is 0.940. The van der Waals surface area contributed by atoms with E-state index in [0.29, 0.717) is 12.8 Å². The number of nitrogens with one attached hydrogen (secondary N) is 1. The highest BCUT2D eigenvalue weighted by molar-refractivity contribution is 7.19. The third-order valence-electron chi connectivity index (χ3n) is 4.84. The normalized spacial score (nSPS) is 31.1. The molecule has 4 rings (SSSR count). The summed E-state index contributed by atoms with van der Waals surface area (Å²) in [7, 11) is 1.68. The maximum Gasteiger partial charge on any atom is 0.138 e. The molecule has 4 nitrogen and oxygen atoms in total. The van der Waals surface area contributed by atoms with E-state index in [9.17, 15) is 0 Å². The third-order valence-corrected chi connectivity index (χ3v) is 5.98. The number of rotatable bonds is 3. The van der Waals surface area contributed by atoms with Crippen LogP contribution in [-0.2, 0) is 12.8 Å². The fourth-order valence-corrected chi connectivity index (χ4v) is 4.70. The molecule has 0 saturated heterocycles. The van der Waals surface area contributed by atoms with E-state index in [-0.39, 0.29) is 12.1 Å². The summed E-state index contributed by atoms with van der Waals surface area (Å²) in [4.78, 5) is 12.4. The SMILES string of the molecule is [2H]C1([2H])Cc2sc3ncnc(NC4CCC(N(C)C([2H])([2H])[2H])CC4)c3c2C1. The van der Waals surface area contributed by atoms with Crippen molar-refractivity contribution in [1.29, 1.82) is 0 Å². The molecule has 1 N–H and O–H groups in total. The zero-order valence-electron chi connectivity index (χ0n) is 17.7. The molecule has 0 aliphatic heterocycles. The first kappa shape index (κ1) is 9.83. The molecule has 2 aromatic heterocycles. The van der Waals surface area contributed by atoms with Gasteiger partial charge in [-0.25, -0.2) is 9.97 Å². The standard InChI is InChI=1S/C17H24N4S/c1-21(2)12-8-6-11(7-9-12)20-16-15-13-4-3-5-14(13)22-17(15)19-10-18-16/h10-12H,3-9H2,1-2H3,(H,18,19,20)/i1D3,3D2. The highest BCUT2D eigenvalue weighted by Crippen LogP contribution is 2.39. The van der Waals surface area contributed by atoms with E-state index in [1.54, 1.807) is 24.7 Å². The Labute approximate surface area is 143 Å². The van der Waals surface area contributed by atoms with E-state index in [1.165, 1.54) is 4.90 Å². The maximum atomic E-state index is 8.06. The molecule has 0 spiro atoms. The first-order valence-electron chi connectivity index (χ1n) is 10.4. The average molecular weight is 322 g/mol. The lowest BCUT2D eigenvalue weighted by Gasteiger charge is -2.33. The maximum absolute atomic E-state index is 8.06. The van der Waals surface area contributed by atoms with Crippen LogP contribution in [0.2, 0.25) is 0 Å². The van der Waals surface area contributed by atoms with Crippen molar-refractivity contribution in [2.75, 3.05) is 19.3 Å². The Bertz CT molecular complexity index is 842. The number of anilines is 1. The molecule has 0 radical (unpaired) electrons. The zero-order chi connectivity index (χ0) is 19.4. The van der Waals surface area contributed by atoms with Crippen LogP contribution in [0.5, 0.6) is 0 Å². The van der Waals surface area contributed by atoms with Crippen LogP contribution in [0.15, 0.2) is 6.33 Å². The Morgan fingerprint density at radius 1 is 1.32 bits per heavy atom. The molecule has 0 aromatic carbocycles. The molecule has 2 heterocycles. The van der Waals surface area contributed by atoms with E-state index < -0.39 is 13.3 Å². The number of hydrogen-bond donors (Lipinski definition) is 1. The van der Waals surface area contributed by atoms with Crippen LogP contribution in [-0.4, -0.2) is 41.0 Å². The van der Waals surface area contributed by atoms with Crippen LogP contribution >= 0.6 is 11.3 Å². The van der Waals surface area contributed by atoms with Crippen LogP contribution in [0, 0.1) is 0 Å². The fourth-order valence-electron chi connectivity index (χ4n) is 3.58. The fraction of sp³-hybridized carbons (Fsp3) is 0.647. The van der Waals surface area contributed by atoms with Crippen molar-refractivity contribution < 1.29 is 6.85 Å². The number of aryl methyl sites for hydroxylation is 2. The van der Waals surface area contributed by atoms with Gasteiger partial charge in [0.15, 0.2) is 0 Å². The second-order valence-electron chi connectivity index (χ2n) is 6.27. The van der Waals surface area contributed by atoms with Crippen molar-refractivity contribution in [2.45, 2.75) is 57.0 Å². The van der Waals surface area contributed by atoms with Crippen molar-refractivity contribution >= 4 is 27.4 Å². The minimum Gasteiger partial charge on any atom is -0.367 e. The molecule has 22 heavy (non-hydrogen) atoms. The molecule has 0 amide bonds. The highest BCUT2D eigenvalue weighted by Gasteiger charge is 2.25. The lowest BCUT2D eigenvalue weighted by Crippen LogP contribution is -2.36. The number of nitrogens with zero attached hydrogens (tertiary/aromatic N) is 3. The topological polar surface area (TPSA) is 41.1 Å². The number of aromatic nitrogens is 2. The molecule has 118 valence electrons. The molecule has 2 aromatic rings. The first-order chi connectivity index (χ1) is 12.6. The van der Waals surface area contributed by atoms with Crippen LogP contribution in [0.4, 0.5) is 5.82 Å². The Morgan fingerprint density at radius 3 is 3.00 bits per heavy atom. The summed E-state index contributed by atoms with van der Waals surface area (Å²) in [5.41, 5.74) is 1.05. The first-order valence-corrected chi connectivity index (χ1v) is 8.70. The number of hydrogen-bond acceptors (Lipinski definition) is 5. The lowest BCUT2D eigenvalue weighted by atomic mass is 9.90. The van der Waals surface area contributed by atoms with Gasteiger partial charge in [0.2, 0.25) is 0 Å². The minimum atomic E-state index is -2.04. The van der Waals surface area contributed by atoms with Crippen molar-refractivity contribution in [1.82, 2.24) is 14.9 Å². The van der Waals surface area contributed by atoms with E-state index in [2.05, 4.69) is 15.3 Å². The van der Waals surface area contributed by atoms with Crippen LogP contribution < -0.4 is 5.32 Å². The predicted octanol–water partition coefficient (Wildman–Crippen LogP) is 3.46. The van der Waals surface area contributed by atoms with Crippen molar-refractivity contribution in [2.24, 2.45) is 0 Å². The molecule has 2 aliphatic rings. The van der Waals surface area contributed by atoms with E-state index in [4.69, 9.17) is 6.85 Å². The lowest BCUT2D eigenvalue weighted by molar-refractivity contribution is 0.221. The van der Waals surface area contributed by atoms with Crippen molar-refractivity contribution in [3.05, 3.63) is 16.8 Å². The number of thiophene rings is 1. The predicted molar refractivity (Wildman–Crippen MR) is 92.8 cm³/mol. The summed E-state index contributed by atoms with van der Waals surface area (Å²) < 4.78 is 38.9. The summed E-state index contributed by atoms with van der Waals surface area (Å²) in [5, 5.41) is 4.51. The van der Waals surface area contributed by atoms with Gasteiger partial charge in [-0.05, 0) is 64.5 Å². The molecule has 5 heteroatoms. The van der Waals surface area contributed by atoms with Gasteiger partial charge in [-0.15, -0.1) is 11.3 Å².